The highest BCUT2D eigenvalue weighted by atomic mass is 35.5. The SMILES string of the molecule is COc1ncc(NC(=O)Nc2cc(Cl)c(OC)cc2OC)c(OC)n1. The molecule has 1 heterocycles. The van der Waals surface area contributed by atoms with Crippen molar-refractivity contribution in [2.45, 2.75) is 0 Å². The molecule has 2 N–H and O–H groups in total. The van der Waals surface area contributed by atoms with E-state index in [0.717, 1.165) is 0 Å². The Kier molecular flexibility index (Phi) is 6.07. The lowest BCUT2D eigenvalue weighted by molar-refractivity contribution is 0.261. The van der Waals surface area contributed by atoms with Crippen LogP contribution in [0.15, 0.2) is 18.3 Å². The second-order valence-electron chi connectivity index (χ2n) is 4.55. The van der Waals surface area contributed by atoms with E-state index in [1.807, 2.05) is 0 Å². The molecule has 0 radical (unpaired) electrons. The van der Waals surface area contributed by atoms with E-state index in [2.05, 4.69) is 20.6 Å². The molecule has 0 spiro atoms. The number of methoxy groups -OCH3 is 4. The number of halogens is 1. The van der Waals surface area contributed by atoms with Gasteiger partial charge in [-0.25, -0.2) is 9.78 Å². The molecule has 0 unspecified atom stereocenters. The highest BCUT2D eigenvalue weighted by Crippen LogP contribution is 2.36. The fourth-order valence-corrected chi connectivity index (χ4v) is 2.17. The number of urea groups is 1. The predicted molar refractivity (Wildman–Crippen MR) is 92.3 cm³/mol. The maximum atomic E-state index is 12.2. The fraction of sp³-hybridized carbons (Fsp3) is 0.267. The first-order valence-corrected chi connectivity index (χ1v) is 7.34. The van der Waals surface area contributed by atoms with Crippen molar-refractivity contribution in [3.05, 3.63) is 23.4 Å². The Balaban J connectivity index is 2.19. The third-order valence-corrected chi connectivity index (χ3v) is 3.37. The van der Waals surface area contributed by atoms with E-state index < -0.39 is 6.03 Å². The maximum Gasteiger partial charge on any atom is 0.323 e. The predicted octanol–water partition coefficient (Wildman–Crippen LogP) is 2.81. The van der Waals surface area contributed by atoms with Crippen LogP contribution < -0.4 is 29.6 Å². The van der Waals surface area contributed by atoms with Crippen LogP contribution in [-0.2, 0) is 0 Å². The van der Waals surface area contributed by atoms with Crippen molar-refractivity contribution < 1.29 is 23.7 Å². The molecule has 1 aromatic heterocycles. The van der Waals surface area contributed by atoms with E-state index in [0.29, 0.717) is 22.2 Å². The molecule has 10 heteroatoms. The largest absolute Gasteiger partial charge is 0.495 e. The highest BCUT2D eigenvalue weighted by molar-refractivity contribution is 6.32. The van der Waals surface area contributed by atoms with Crippen molar-refractivity contribution in [3.63, 3.8) is 0 Å². The summed E-state index contributed by atoms with van der Waals surface area (Å²) < 4.78 is 20.3. The minimum absolute atomic E-state index is 0.117. The number of carbonyl (C=O) groups excluding carboxylic acids is 1. The number of aromatic nitrogens is 2. The number of amides is 2. The quantitative estimate of drug-likeness (QED) is 0.807. The smallest absolute Gasteiger partial charge is 0.323 e. The monoisotopic (exact) mass is 368 g/mol. The minimum Gasteiger partial charge on any atom is -0.495 e. The molecule has 0 aliphatic carbocycles. The molecule has 0 fully saturated rings. The van der Waals surface area contributed by atoms with Gasteiger partial charge in [0.05, 0.1) is 45.3 Å². The second-order valence-corrected chi connectivity index (χ2v) is 4.95. The Labute approximate surface area is 149 Å². The summed E-state index contributed by atoms with van der Waals surface area (Å²) >= 11 is 6.08. The van der Waals surface area contributed by atoms with Gasteiger partial charge in [-0.05, 0) is 6.07 Å². The van der Waals surface area contributed by atoms with Crippen molar-refractivity contribution in [1.29, 1.82) is 0 Å². The summed E-state index contributed by atoms with van der Waals surface area (Å²) in [5.41, 5.74) is 0.624. The normalized spacial score (nSPS) is 9.96. The second kappa shape index (κ2) is 8.25. The third kappa shape index (κ3) is 4.32. The van der Waals surface area contributed by atoms with Crippen LogP contribution in [0.2, 0.25) is 5.02 Å². The lowest BCUT2D eigenvalue weighted by atomic mass is 10.2. The Morgan fingerprint density at radius 3 is 2.24 bits per heavy atom. The van der Waals surface area contributed by atoms with Crippen molar-refractivity contribution in [2.75, 3.05) is 39.1 Å². The van der Waals surface area contributed by atoms with E-state index in [4.69, 9.17) is 30.5 Å². The number of carbonyl (C=O) groups is 1. The molecule has 0 saturated carbocycles. The number of nitrogens with zero attached hydrogens (tertiary/aromatic N) is 2. The van der Waals surface area contributed by atoms with E-state index in [-0.39, 0.29) is 17.6 Å². The summed E-state index contributed by atoms with van der Waals surface area (Å²) in [6, 6.07) is 2.63. The fourth-order valence-electron chi connectivity index (χ4n) is 1.92. The molecule has 0 saturated heterocycles. The molecule has 134 valence electrons. The number of hydrogen-bond acceptors (Lipinski definition) is 7. The van der Waals surface area contributed by atoms with Crippen molar-refractivity contribution in [1.82, 2.24) is 9.97 Å². The molecule has 9 nitrogen and oxygen atoms in total. The van der Waals surface area contributed by atoms with Crippen molar-refractivity contribution in [2.24, 2.45) is 0 Å². The van der Waals surface area contributed by atoms with Crippen LogP contribution in [0.3, 0.4) is 0 Å². The first kappa shape index (κ1) is 18.4. The Bertz CT molecular complexity index is 772. The van der Waals surface area contributed by atoms with Crippen LogP contribution in [0.5, 0.6) is 23.4 Å². The van der Waals surface area contributed by atoms with Gasteiger partial charge in [0.25, 0.3) is 0 Å². The average molecular weight is 369 g/mol. The first-order valence-electron chi connectivity index (χ1n) is 6.96. The number of hydrogen-bond donors (Lipinski definition) is 2. The van der Waals surface area contributed by atoms with Gasteiger partial charge >= 0.3 is 12.0 Å². The zero-order valence-corrected chi connectivity index (χ0v) is 14.8. The number of anilines is 2. The van der Waals surface area contributed by atoms with Gasteiger partial charge in [0, 0.05) is 6.07 Å². The van der Waals surface area contributed by atoms with Gasteiger partial charge < -0.3 is 29.6 Å². The van der Waals surface area contributed by atoms with E-state index in [1.54, 1.807) is 6.07 Å². The lowest BCUT2D eigenvalue weighted by Gasteiger charge is -2.14. The molecular weight excluding hydrogens is 352 g/mol. The van der Waals surface area contributed by atoms with E-state index in [1.165, 1.54) is 40.7 Å². The average Bonchev–Trinajstić information content (AvgIpc) is 2.62. The molecule has 0 bridgehead atoms. The van der Waals surface area contributed by atoms with Crippen LogP contribution in [0.25, 0.3) is 0 Å². The highest BCUT2D eigenvalue weighted by Gasteiger charge is 2.15. The van der Waals surface area contributed by atoms with Gasteiger partial charge in [-0.2, -0.15) is 4.98 Å². The molecule has 0 aliphatic heterocycles. The Hall–Kier alpha value is -2.94. The Morgan fingerprint density at radius 2 is 1.64 bits per heavy atom. The molecule has 1 aromatic carbocycles. The molecule has 0 aliphatic rings. The molecule has 25 heavy (non-hydrogen) atoms. The summed E-state index contributed by atoms with van der Waals surface area (Å²) in [6.07, 6.45) is 1.36. The zero-order valence-electron chi connectivity index (χ0n) is 14.0. The van der Waals surface area contributed by atoms with Gasteiger partial charge in [0.1, 0.15) is 17.2 Å². The van der Waals surface area contributed by atoms with Gasteiger partial charge in [0.2, 0.25) is 5.88 Å². The third-order valence-electron chi connectivity index (χ3n) is 3.08. The topological polar surface area (TPSA) is 104 Å². The van der Waals surface area contributed by atoms with Crippen molar-refractivity contribution >= 4 is 29.0 Å². The zero-order chi connectivity index (χ0) is 18.4. The summed E-state index contributed by atoms with van der Waals surface area (Å²) in [5, 5.41) is 5.52. The van der Waals surface area contributed by atoms with Gasteiger partial charge in [-0.15, -0.1) is 0 Å². The summed E-state index contributed by atoms with van der Waals surface area (Å²) in [4.78, 5) is 20.1. The van der Waals surface area contributed by atoms with Gasteiger partial charge in [0.15, 0.2) is 0 Å². The lowest BCUT2D eigenvalue weighted by Crippen LogP contribution is -2.20. The van der Waals surface area contributed by atoms with E-state index in [9.17, 15) is 4.79 Å². The van der Waals surface area contributed by atoms with Crippen molar-refractivity contribution in [3.8, 4) is 23.4 Å². The van der Waals surface area contributed by atoms with E-state index >= 15 is 0 Å². The summed E-state index contributed by atoms with van der Waals surface area (Å²) in [6.45, 7) is 0. The first-order chi connectivity index (χ1) is 12.0. The summed E-state index contributed by atoms with van der Waals surface area (Å²) in [7, 11) is 5.79. The minimum atomic E-state index is -0.563. The molecule has 2 amide bonds. The maximum absolute atomic E-state index is 12.2. The molecule has 0 atom stereocenters. The number of nitrogens with one attached hydrogen (secondary N) is 2. The number of rotatable bonds is 6. The number of benzene rings is 1. The van der Waals surface area contributed by atoms with Crippen LogP contribution in [-0.4, -0.2) is 44.4 Å². The van der Waals surface area contributed by atoms with Crippen LogP contribution in [0, 0.1) is 0 Å². The molecule has 2 rings (SSSR count). The molecular formula is C15H17ClN4O5. The van der Waals surface area contributed by atoms with Crippen LogP contribution in [0.4, 0.5) is 16.2 Å². The van der Waals surface area contributed by atoms with Gasteiger partial charge in [-0.3, -0.25) is 0 Å². The molecule has 2 aromatic rings. The standard InChI is InChI=1S/C15H17ClN4O5/c1-22-11-6-12(23-2)9(5-8(11)16)18-14(21)19-10-7-17-15(25-4)20-13(10)24-3/h5-7H,1-4H3,(H2,18,19,21). The summed E-state index contributed by atoms with van der Waals surface area (Å²) in [5.74, 6) is 0.964. The van der Waals surface area contributed by atoms with Crippen LogP contribution >= 0.6 is 11.6 Å². The van der Waals surface area contributed by atoms with Crippen LogP contribution in [0.1, 0.15) is 0 Å². The van der Waals surface area contributed by atoms with Gasteiger partial charge in [-0.1, -0.05) is 11.6 Å². The Morgan fingerprint density at radius 1 is 0.960 bits per heavy atom. The number of ether oxygens (including phenoxy) is 4.